The number of carbonyl (C=O) groups is 2. The minimum Gasteiger partial charge on any atom is -0.369 e. The van der Waals surface area contributed by atoms with Crippen molar-refractivity contribution in [2.75, 3.05) is 13.1 Å². The van der Waals surface area contributed by atoms with Crippen LogP contribution < -0.4 is 5.73 Å². The minimum atomic E-state index is -4.49. The van der Waals surface area contributed by atoms with E-state index in [1.54, 1.807) is 0 Å². The minimum absolute atomic E-state index is 0.0977. The summed E-state index contributed by atoms with van der Waals surface area (Å²) in [6.07, 6.45) is -1.62. The van der Waals surface area contributed by atoms with Crippen LogP contribution in [0.4, 0.5) is 13.2 Å². The van der Waals surface area contributed by atoms with Gasteiger partial charge in [0.15, 0.2) is 0 Å². The summed E-state index contributed by atoms with van der Waals surface area (Å²) in [6, 6.07) is 2.88. The van der Waals surface area contributed by atoms with Gasteiger partial charge in [0, 0.05) is 24.2 Å². The summed E-state index contributed by atoms with van der Waals surface area (Å²) in [4.78, 5) is 24.5. The number of nitrogens with two attached hydrogens (primary N) is 1. The van der Waals surface area contributed by atoms with Crippen LogP contribution in [0, 0.1) is 5.92 Å². The fraction of sp³-hybridized carbons (Fsp3) is 0.333. The van der Waals surface area contributed by atoms with Crippen molar-refractivity contribution in [2.24, 2.45) is 11.7 Å². The van der Waals surface area contributed by atoms with E-state index in [1.807, 2.05) is 0 Å². The Morgan fingerprint density at radius 1 is 1.35 bits per heavy atom. The maximum atomic E-state index is 12.7. The fourth-order valence-electron chi connectivity index (χ4n) is 2.31. The Hall–Kier alpha value is -2.02. The SMILES string of the molecule is NC(=O)[C@H]1CCN(C(=O)/C=C/c2cc(C(F)(F)F)ccc2Cl)C1. The molecule has 0 saturated carbocycles. The third-order valence-electron chi connectivity index (χ3n) is 3.63. The van der Waals surface area contributed by atoms with Crippen LogP contribution >= 0.6 is 11.6 Å². The van der Waals surface area contributed by atoms with Gasteiger partial charge in [-0.1, -0.05) is 11.6 Å². The van der Waals surface area contributed by atoms with Gasteiger partial charge in [-0.25, -0.2) is 0 Å². The zero-order valence-electron chi connectivity index (χ0n) is 11.9. The molecule has 1 heterocycles. The van der Waals surface area contributed by atoms with E-state index < -0.39 is 23.6 Å². The van der Waals surface area contributed by atoms with Crippen molar-refractivity contribution in [2.45, 2.75) is 12.6 Å². The van der Waals surface area contributed by atoms with Crippen molar-refractivity contribution < 1.29 is 22.8 Å². The molecule has 1 aliphatic rings. The summed E-state index contributed by atoms with van der Waals surface area (Å²) < 4.78 is 38.0. The molecular formula is C15H14ClF3N2O2. The second kappa shape index (κ2) is 6.62. The van der Waals surface area contributed by atoms with Gasteiger partial charge < -0.3 is 10.6 Å². The summed E-state index contributed by atoms with van der Waals surface area (Å²) in [5.74, 6) is -1.25. The molecule has 1 aromatic rings. The van der Waals surface area contributed by atoms with Crippen molar-refractivity contribution >= 4 is 29.5 Å². The number of halogens is 4. The van der Waals surface area contributed by atoms with Crippen LogP contribution in [0.15, 0.2) is 24.3 Å². The van der Waals surface area contributed by atoms with Gasteiger partial charge in [-0.15, -0.1) is 0 Å². The molecule has 2 amide bonds. The first-order chi connectivity index (χ1) is 10.7. The maximum absolute atomic E-state index is 12.7. The summed E-state index contributed by atoms with van der Waals surface area (Å²) in [5, 5.41) is 0.110. The quantitative estimate of drug-likeness (QED) is 0.855. The van der Waals surface area contributed by atoms with Gasteiger partial charge >= 0.3 is 6.18 Å². The van der Waals surface area contributed by atoms with Gasteiger partial charge in [0.05, 0.1) is 11.5 Å². The molecule has 0 spiro atoms. The highest BCUT2D eigenvalue weighted by Gasteiger charge is 2.31. The second-order valence-electron chi connectivity index (χ2n) is 5.24. The number of benzene rings is 1. The van der Waals surface area contributed by atoms with Gasteiger partial charge in [-0.05, 0) is 36.3 Å². The Labute approximate surface area is 135 Å². The summed E-state index contributed by atoms with van der Waals surface area (Å²) >= 11 is 5.85. The zero-order chi connectivity index (χ0) is 17.2. The molecule has 1 saturated heterocycles. The maximum Gasteiger partial charge on any atom is 0.416 e. The Kier molecular flexibility index (Phi) is 4.99. The van der Waals surface area contributed by atoms with Crippen LogP contribution in [0.3, 0.4) is 0 Å². The molecule has 124 valence electrons. The summed E-state index contributed by atoms with van der Waals surface area (Å²) in [6.45, 7) is 0.599. The lowest BCUT2D eigenvalue weighted by atomic mass is 10.1. The van der Waals surface area contributed by atoms with E-state index in [0.717, 1.165) is 24.3 Å². The van der Waals surface area contributed by atoms with E-state index >= 15 is 0 Å². The van der Waals surface area contributed by atoms with Gasteiger partial charge in [-0.2, -0.15) is 13.2 Å². The molecule has 0 aromatic heterocycles. The van der Waals surface area contributed by atoms with Gasteiger partial charge in [0.25, 0.3) is 0 Å². The number of rotatable bonds is 3. The van der Waals surface area contributed by atoms with Crippen LogP contribution in [-0.4, -0.2) is 29.8 Å². The number of nitrogens with zero attached hydrogens (tertiary/aromatic N) is 1. The molecule has 2 rings (SSSR count). The molecule has 0 bridgehead atoms. The third kappa shape index (κ3) is 4.25. The summed E-state index contributed by atoms with van der Waals surface area (Å²) in [7, 11) is 0. The number of hydrogen-bond acceptors (Lipinski definition) is 2. The number of primary amides is 1. The molecule has 23 heavy (non-hydrogen) atoms. The largest absolute Gasteiger partial charge is 0.416 e. The van der Waals surface area contributed by atoms with Crippen LogP contribution in [0.2, 0.25) is 5.02 Å². The molecular weight excluding hydrogens is 333 g/mol. The van der Waals surface area contributed by atoms with E-state index in [0.29, 0.717) is 13.0 Å². The van der Waals surface area contributed by atoms with Gasteiger partial charge in [0.2, 0.25) is 11.8 Å². The summed E-state index contributed by atoms with van der Waals surface area (Å²) in [5.41, 5.74) is 4.44. The molecule has 4 nitrogen and oxygen atoms in total. The molecule has 0 radical (unpaired) electrons. The highest BCUT2D eigenvalue weighted by atomic mass is 35.5. The van der Waals surface area contributed by atoms with E-state index in [4.69, 9.17) is 17.3 Å². The van der Waals surface area contributed by atoms with E-state index in [1.165, 1.54) is 11.0 Å². The molecule has 8 heteroatoms. The zero-order valence-corrected chi connectivity index (χ0v) is 12.7. The number of alkyl halides is 3. The van der Waals surface area contributed by atoms with E-state index in [2.05, 4.69) is 0 Å². The Morgan fingerprint density at radius 3 is 2.61 bits per heavy atom. The first-order valence-corrected chi connectivity index (χ1v) is 7.19. The molecule has 1 aliphatic heterocycles. The van der Waals surface area contributed by atoms with Crippen molar-refractivity contribution in [3.05, 3.63) is 40.4 Å². The highest BCUT2D eigenvalue weighted by Crippen LogP contribution is 2.32. The van der Waals surface area contributed by atoms with Crippen LogP contribution in [0.5, 0.6) is 0 Å². The Bertz CT molecular complexity index is 659. The van der Waals surface area contributed by atoms with Crippen molar-refractivity contribution in [3.63, 3.8) is 0 Å². The third-order valence-corrected chi connectivity index (χ3v) is 3.98. The Morgan fingerprint density at radius 2 is 2.04 bits per heavy atom. The number of hydrogen-bond donors (Lipinski definition) is 1. The smallest absolute Gasteiger partial charge is 0.369 e. The molecule has 0 aliphatic carbocycles. The molecule has 1 atom stereocenters. The average Bonchev–Trinajstić information content (AvgIpc) is 2.95. The van der Waals surface area contributed by atoms with E-state index in [9.17, 15) is 22.8 Å². The molecule has 2 N–H and O–H groups in total. The first-order valence-electron chi connectivity index (χ1n) is 6.81. The highest BCUT2D eigenvalue weighted by molar-refractivity contribution is 6.32. The molecule has 0 unspecified atom stereocenters. The van der Waals surface area contributed by atoms with Crippen LogP contribution in [-0.2, 0) is 15.8 Å². The first kappa shape index (κ1) is 17.3. The van der Waals surface area contributed by atoms with Crippen molar-refractivity contribution in [1.82, 2.24) is 4.90 Å². The predicted octanol–water partition coefficient (Wildman–Crippen LogP) is 2.71. The topological polar surface area (TPSA) is 63.4 Å². The van der Waals surface area contributed by atoms with Crippen LogP contribution in [0.25, 0.3) is 6.08 Å². The van der Waals surface area contributed by atoms with Crippen molar-refractivity contribution in [3.8, 4) is 0 Å². The number of likely N-dealkylation sites (tertiary alicyclic amines) is 1. The monoisotopic (exact) mass is 346 g/mol. The molecule has 1 aromatic carbocycles. The normalized spacial score (nSPS) is 18.6. The second-order valence-corrected chi connectivity index (χ2v) is 5.65. The van der Waals surface area contributed by atoms with Crippen LogP contribution in [0.1, 0.15) is 17.5 Å². The lowest BCUT2D eigenvalue weighted by molar-refractivity contribution is -0.137. The van der Waals surface area contributed by atoms with Crippen molar-refractivity contribution in [1.29, 1.82) is 0 Å². The number of amides is 2. The fourth-order valence-corrected chi connectivity index (χ4v) is 2.49. The lowest BCUT2D eigenvalue weighted by Crippen LogP contribution is -2.30. The average molecular weight is 347 g/mol. The van der Waals surface area contributed by atoms with Gasteiger partial charge in [0.1, 0.15) is 0 Å². The standard InChI is InChI=1S/C15H14ClF3N2O2/c16-12-3-2-11(15(17,18)19)7-9(12)1-4-13(22)21-6-5-10(8-21)14(20)23/h1-4,7,10H,5-6,8H2,(H2,20,23)/b4-1+/t10-/m0/s1. The predicted molar refractivity (Wildman–Crippen MR) is 79.4 cm³/mol. The van der Waals surface area contributed by atoms with E-state index in [-0.39, 0.29) is 23.0 Å². The molecule has 1 fully saturated rings. The lowest BCUT2D eigenvalue weighted by Gasteiger charge is -2.13. The Balaban J connectivity index is 2.11. The van der Waals surface area contributed by atoms with Gasteiger partial charge in [-0.3, -0.25) is 9.59 Å². The number of carbonyl (C=O) groups excluding carboxylic acids is 2.